The highest BCUT2D eigenvalue weighted by atomic mass is 16.6. The fourth-order valence-electron chi connectivity index (χ4n) is 5.42. The minimum Gasteiger partial charge on any atom is -0.447 e. The molecule has 1 fully saturated rings. The second-order valence-electron chi connectivity index (χ2n) is 9.40. The molecule has 4 aromatic rings. The number of para-hydroxylation sites is 1. The molecule has 38 heavy (non-hydrogen) atoms. The third kappa shape index (κ3) is 3.66. The number of hydrogen-bond donors (Lipinski definition) is 1. The Labute approximate surface area is 218 Å². The van der Waals surface area contributed by atoms with E-state index in [1.807, 2.05) is 60.7 Å². The molecule has 9 nitrogen and oxygen atoms in total. The van der Waals surface area contributed by atoms with Crippen LogP contribution in [0.1, 0.15) is 17.0 Å². The van der Waals surface area contributed by atoms with E-state index in [1.165, 1.54) is 4.90 Å². The van der Waals surface area contributed by atoms with Crippen molar-refractivity contribution in [3.63, 3.8) is 0 Å². The molecule has 9 heteroatoms. The first-order valence-electron chi connectivity index (χ1n) is 12.2. The molecule has 2 aromatic heterocycles. The maximum Gasteiger partial charge on any atom is 0.409 e. The van der Waals surface area contributed by atoms with E-state index in [0.717, 1.165) is 33.2 Å². The number of rotatable bonds is 5. The molecule has 4 heterocycles. The van der Waals surface area contributed by atoms with Crippen LogP contribution in [0.2, 0.25) is 0 Å². The van der Waals surface area contributed by atoms with Gasteiger partial charge in [0.1, 0.15) is 23.8 Å². The molecule has 0 aliphatic carbocycles. The Morgan fingerprint density at radius 3 is 2.61 bits per heavy atom. The van der Waals surface area contributed by atoms with E-state index >= 15 is 0 Å². The molecular formula is C29H23N5O4. The highest BCUT2D eigenvalue weighted by Crippen LogP contribution is 2.48. The van der Waals surface area contributed by atoms with Crippen LogP contribution in [0, 0.1) is 11.3 Å². The maximum atomic E-state index is 14.0. The summed E-state index contributed by atoms with van der Waals surface area (Å²) in [4.78, 5) is 38.6. The molecule has 0 saturated carbocycles. The highest BCUT2D eigenvalue weighted by molar-refractivity contribution is 6.10. The summed E-state index contributed by atoms with van der Waals surface area (Å²) in [6.07, 6.45) is 2.92. The SMILES string of the molecule is N#Cc1ccc(-c2c(CN3C(=O)C4(CN(C(=O)OCCO)C4)c4ccccc43)ncc3ccccc23)cn1. The van der Waals surface area contributed by atoms with Gasteiger partial charge in [0.05, 0.1) is 18.8 Å². The van der Waals surface area contributed by atoms with Crippen molar-refractivity contribution in [3.8, 4) is 17.2 Å². The first kappa shape index (κ1) is 23.6. The molecule has 188 valence electrons. The Kier molecular flexibility index (Phi) is 5.74. The first-order chi connectivity index (χ1) is 18.6. The molecule has 6 rings (SSSR count). The van der Waals surface area contributed by atoms with Crippen LogP contribution in [0.4, 0.5) is 10.5 Å². The number of aliphatic hydroxyl groups is 1. The minimum atomic E-state index is -0.845. The summed E-state index contributed by atoms with van der Waals surface area (Å²) in [6.45, 7) is 0.310. The Balaban J connectivity index is 1.38. The molecule has 0 radical (unpaired) electrons. The Morgan fingerprint density at radius 2 is 1.84 bits per heavy atom. The largest absolute Gasteiger partial charge is 0.447 e. The smallest absolute Gasteiger partial charge is 0.409 e. The van der Waals surface area contributed by atoms with Gasteiger partial charge in [0.15, 0.2) is 0 Å². The summed E-state index contributed by atoms with van der Waals surface area (Å²) in [5, 5.41) is 20.1. The number of aliphatic hydroxyl groups excluding tert-OH is 1. The Morgan fingerprint density at radius 1 is 1.05 bits per heavy atom. The Bertz CT molecular complexity index is 1610. The first-order valence-corrected chi connectivity index (χ1v) is 12.2. The summed E-state index contributed by atoms with van der Waals surface area (Å²) in [5.41, 5.74) is 3.50. The van der Waals surface area contributed by atoms with Crippen LogP contribution in [0.15, 0.2) is 73.1 Å². The van der Waals surface area contributed by atoms with Crippen LogP contribution in [0.3, 0.4) is 0 Å². The van der Waals surface area contributed by atoms with E-state index < -0.39 is 11.5 Å². The van der Waals surface area contributed by atoms with Gasteiger partial charge in [-0.3, -0.25) is 9.78 Å². The third-order valence-corrected chi connectivity index (χ3v) is 7.21. The van der Waals surface area contributed by atoms with Gasteiger partial charge >= 0.3 is 6.09 Å². The van der Waals surface area contributed by atoms with Gasteiger partial charge in [-0.15, -0.1) is 0 Å². The lowest BCUT2D eigenvalue weighted by Crippen LogP contribution is -2.65. The second-order valence-corrected chi connectivity index (χ2v) is 9.40. The van der Waals surface area contributed by atoms with Crippen molar-refractivity contribution in [1.29, 1.82) is 5.26 Å². The molecule has 2 aromatic carbocycles. The van der Waals surface area contributed by atoms with Crippen LogP contribution in [-0.2, 0) is 21.5 Å². The zero-order chi connectivity index (χ0) is 26.3. The van der Waals surface area contributed by atoms with Gasteiger partial charge in [-0.05, 0) is 29.1 Å². The molecule has 1 saturated heterocycles. The number of hydrogen-bond acceptors (Lipinski definition) is 7. The predicted molar refractivity (Wildman–Crippen MR) is 139 cm³/mol. The standard InChI is InChI=1S/C29H23N5O4/c30-13-21-10-9-20(15-31-21)26-22-6-2-1-5-19(22)14-32-24(26)16-34-25-8-4-3-7-23(25)29(27(34)36)17-33(18-29)28(37)38-12-11-35/h1-10,14-15,35H,11-12,16-18H2. The van der Waals surface area contributed by atoms with Crippen molar-refractivity contribution in [2.75, 3.05) is 31.2 Å². The average Bonchev–Trinajstić information content (AvgIpc) is 3.18. The number of amides is 2. The predicted octanol–water partition coefficient (Wildman–Crippen LogP) is 3.40. The van der Waals surface area contributed by atoms with E-state index in [0.29, 0.717) is 11.4 Å². The quantitative estimate of drug-likeness (QED) is 0.441. The lowest BCUT2D eigenvalue weighted by atomic mass is 9.75. The van der Waals surface area contributed by atoms with Crippen LogP contribution >= 0.6 is 0 Å². The zero-order valence-electron chi connectivity index (χ0n) is 20.4. The van der Waals surface area contributed by atoms with Gasteiger partial charge in [0, 0.05) is 47.7 Å². The fraction of sp³-hybridized carbons (Fsp3) is 0.207. The van der Waals surface area contributed by atoms with Crippen LogP contribution in [0.25, 0.3) is 21.9 Å². The Hall–Kier alpha value is -4.81. The summed E-state index contributed by atoms with van der Waals surface area (Å²) in [6, 6.07) is 21.1. The molecule has 1 N–H and O–H groups in total. The van der Waals surface area contributed by atoms with E-state index in [1.54, 1.807) is 23.4 Å². The number of benzene rings is 2. The second kappa shape index (κ2) is 9.25. The molecule has 2 amide bonds. The summed E-state index contributed by atoms with van der Waals surface area (Å²) in [5.74, 6) is -0.0937. The van der Waals surface area contributed by atoms with Gasteiger partial charge in [-0.25, -0.2) is 9.78 Å². The van der Waals surface area contributed by atoms with Crippen LogP contribution < -0.4 is 4.90 Å². The number of anilines is 1. The van der Waals surface area contributed by atoms with Gasteiger partial charge < -0.3 is 19.6 Å². The number of carbonyl (C=O) groups excluding carboxylic acids is 2. The van der Waals surface area contributed by atoms with Crippen molar-refractivity contribution in [1.82, 2.24) is 14.9 Å². The number of pyridine rings is 2. The zero-order valence-corrected chi connectivity index (χ0v) is 20.4. The number of carbonyl (C=O) groups is 2. The number of nitriles is 1. The van der Waals surface area contributed by atoms with Gasteiger partial charge in [-0.2, -0.15) is 5.26 Å². The van der Waals surface area contributed by atoms with Crippen LogP contribution in [0.5, 0.6) is 0 Å². The molecule has 1 spiro atoms. The molecule has 2 aliphatic heterocycles. The van der Waals surface area contributed by atoms with E-state index in [2.05, 4.69) is 4.98 Å². The highest BCUT2D eigenvalue weighted by Gasteiger charge is 2.59. The number of nitrogens with zero attached hydrogens (tertiary/aromatic N) is 5. The van der Waals surface area contributed by atoms with Crippen molar-refractivity contribution in [3.05, 3.63) is 90.0 Å². The topological polar surface area (TPSA) is 120 Å². The molecule has 0 bridgehead atoms. The third-order valence-electron chi connectivity index (χ3n) is 7.21. The number of ether oxygens (including phenoxy) is 1. The number of likely N-dealkylation sites (tertiary alicyclic amines) is 1. The van der Waals surface area contributed by atoms with Crippen molar-refractivity contribution in [2.45, 2.75) is 12.0 Å². The van der Waals surface area contributed by atoms with E-state index in [9.17, 15) is 14.9 Å². The van der Waals surface area contributed by atoms with Gasteiger partial charge in [0.2, 0.25) is 5.91 Å². The number of fused-ring (bicyclic) bond motifs is 3. The van der Waals surface area contributed by atoms with Crippen molar-refractivity contribution in [2.24, 2.45) is 0 Å². The molecular weight excluding hydrogens is 482 g/mol. The summed E-state index contributed by atoms with van der Waals surface area (Å²) in [7, 11) is 0. The van der Waals surface area contributed by atoms with Gasteiger partial charge in [-0.1, -0.05) is 42.5 Å². The lowest BCUT2D eigenvalue weighted by molar-refractivity contribution is -0.128. The average molecular weight is 506 g/mol. The van der Waals surface area contributed by atoms with E-state index in [-0.39, 0.29) is 38.8 Å². The van der Waals surface area contributed by atoms with Gasteiger partial charge in [0.25, 0.3) is 0 Å². The minimum absolute atomic E-state index is 0.0837. The molecule has 0 atom stereocenters. The summed E-state index contributed by atoms with van der Waals surface area (Å²) < 4.78 is 5.04. The number of aromatic nitrogens is 2. The van der Waals surface area contributed by atoms with E-state index in [4.69, 9.17) is 14.8 Å². The molecule has 2 aliphatic rings. The normalized spacial score (nSPS) is 15.3. The van der Waals surface area contributed by atoms with Crippen molar-refractivity contribution < 1.29 is 19.4 Å². The summed E-state index contributed by atoms with van der Waals surface area (Å²) >= 11 is 0. The molecule has 0 unspecified atom stereocenters. The maximum absolute atomic E-state index is 14.0. The fourth-order valence-corrected chi connectivity index (χ4v) is 5.42. The lowest BCUT2D eigenvalue weighted by Gasteiger charge is -2.45. The monoisotopic (exact) mass is 505 g/mol. The van der Waals surface area contributed by atoms with Crippen LogP contribution in [-0.4, -0.2) is 58.3 Å². The van der Waals surface area contributed by atoms with Crippen molar-refractivity contribution >= 4 is 28.5 Å².